The number of fused-ring (bicyclic) bond motifs is 3. The Morgan fingerprint density at radius 3 is 2.56 bits per heavy atom. The number of amides is 1. The maximum Gasteiger partial charge on any atom is 0.247 e. The number of hydrogen-bond donors (Lipinski definition) is 1. The molecule has 1 N–H and O–H groups in total. The van der Waals surface area contributed by atoms with E-state index < -0.39 is 0 Å². The third kappa shape index (κ3) is 2.89. The molecule has 0 radical (unpaired) electrons. The van der Waals surface area contributed by atoms with Crippen LogP contribution in [0.3, 0.4) is 0 Å². The zero-order valence-electron chi connectivity index (χ0n) is 16.2. The van der Waals surface area contributed by atoms with E-state index in [1.165, 1.54) is 16.4 Å². The molecule has 5 nitrogen and oxygen atoms in total. The molecule has 1 atom stereocenters. The molecular formula is C22H24N4O. The van der Waals surface area contributed by atoms with E-state index in [1.54, 1.807) is 0 Å². The number of imidazole rings is 1. The van der Waals surface area contributed by atoms with Gasteiger partial charge in [-0.2, -0.15) is 0 Å². The number of carbonyl (C=O) groups is 1. The summed E-state index contributed by atoms with van der Waals surface area (Å²) in [6.07, 6.45) is 1.91. The van der Waals surface area contributed by atoms with Gasteiger partial charge < -0.3 is 14.5 Å². The SMILES string of the molecule is CCn1c2ccccc2c2cc(NC(=O)C(C)n3cc(C)nc3C)ccc21. The second kappa shape index (κ2) is 6.58. The van der Waals surface area contributed by atoms with E-state index >= 15 is 0 Å². The Morgan fingerprint density at radius 1 is 1.11 bits per heavy atom. The lowest BCUT2D eigenvalue weighted by Crippen LogP contribution is -2.24. The molecule has 2 aromatic carbocycles. The van der Waals surface area contributed by atoms with Gasteiger partial charge in [-0.1, -0.05) is 18.2 Å². The molecule has 0 bridgehead atoms. The van der Waals surface area contributed by atoms with Crippen LogP contribution in [0.4, 0.5) is 5.69 Å². The highest BCUT2D eigenvalue weighted by Gasteiger charge is 2.18. The molecule has 5 heteroatoms. The van der Waals surface area contributed by atoms with Crippen molar-refractivity contribution in [1.82, 2.24) is 14.1 Å². The van der Waals surface area contributed by atoms with Crippen molar-refractivity contribution in [2.24, 2.45) is 0 Å². The van der Waals surface area contributed by atoms with Gasteiger partial charge >= 0.3 is 0 Å². The summed E-state index contributed by atoms with van der Waals surface area (Å²) in [5.41, 5.74) is 4.14. The van der Waals surface area contributed by atoms with Crippen LogP contribution in [0.25, 0.3) is 21.8 Å². The van der Waals surface area contributed by atoms with E-state index in [1.807, 2.05) is 37.6 Å². The van der Waals surface area contributed by atoms with Gasteiger partial charge in [-0.05, 0) is 52.0 Å². The number of rotatable bonds is 4. The number of hydrogen-bond acceptors (Lipinski definition) is 2. The van der Waals surface area contributed by atoms with Gasteiger partial charge in [-0.3, -0.25) is 4.79 Å². The van der Waals surface area contributed by atoms with Crippen molar-refractivity contribution in [1.29, 1.82) is 0 Å². The van der Waals surface area contributed by atoms with E-state index in [9.17, 15) is 4.79 Å². The summed E-state index contributed by atoms with van der Waals surface area (Å²) in [5.74, 6) is 0.797. The molecule has 1 unspecified atom stereocenters. The molecule has 0 aliphatic carbocycles. The Balaban J connectivity index is 1.69. The molecule has 0 aliphatic heterocycles. The Bertz CT molecular complexity index is 1150. The molecule has 4 rings (SSSR count). The third-order valence-electron chi connectivity index (χ3n) is 5.19. The van der Waals surface area contributed by atoms with Gasteiger partial charge in [-0.15, -0.1) is 0 Å². The van der Waals surface area contributed by atoms with Gasteiger partial charge in [0.1, 0.15) is 11.9 Å². The third-order valence-corrected chi connectivity index (χ3v) is 5.19. The van der Waals surface area contributed by atoms with Crippen LogP contribution in [0, 0.1) is 13.8 Å². The van der Waals surface area contributed by atoms with Crippen LogP contribution in [0.1, 0.15) is 31.4 Å². The van der Waals surface area contributed by atoms with Crippen molar-refractivity contribution >= 4 is 33.4 Å². The standard InChI is InChI=1S/C22H24N4O/c1-5-25-20-9-7-6-8-18(20)19-12-17(10-11-21(19)25)24-22(27)15(3)26-13-14(2)23-16(26)4/h6-13,15H,5H2,1-4H3,(H,24,27). The van der Waals surface area contributed by atoms with Crippen molar-refractivity contribution in [3.63, 3.8) is 0 Å². The number of anilines is 1. The molecule has 2 aromatic heterocycles. The summed E-state index contributed by atoms with van der Waals surface area (Å²) in [4.78, 5) is 17.2. The molecule has 2 heterocycles. The number of nitrogens with zero attached hydrogens (tertiary/aromatic N) is 3. The maximum atomic E-state index is 12.8. The predicted octanol–water partition coefficient (Wildman–Crippen LogP) is 4.83. The van der Waals surface area contributed by atoms with E-state index in [2.05, 4.69) is 58.2 Å². The molecule has 138 valence electrons. The second-order valence-corrected chi connectivity index (χ2v) is 7.00. The molecule has 0 fully saturated rings. The van der Waals surface area contributed by atoms with E-state index in [-0.39, 0.29) is 11.9 Å². The zero-order chi connectivity index (χ0) is 19.1. The fourth-order valence-corrected chi connectivity index (χ4v) is 3.87. The van der Waals surface area contributed by atoms with Gasteiger partial charge in [0.2, 0.25) is 5.91 Å². The lowest BCUT2D eigenvalue weighted by atomic mass is 10.1. The molecule has 0 aliphatic rings. The summed E-state index contributed by atoms with van der Waals surface area (Å²) >= 11 is 0. The average molecular weight is 360 g/mol. The van der Waals surface area contributed by atoms with Crippen molar-refractivity contribution in [3.05, 3.63) is 60.2 Å². The minimum Gasteiger partial charge on any atom is -0.341 e. The number of carbonyl (C=O) groups excluding carboxylic acids is 1. The second-order valence-electron chi connectivity index (χ2n) is 7.00. The van der Waals surface area contributed by atoms with Crippen LogP contribution in [0.2, 0.25) is 0 Å². The van der Waals surface area contributed by atoms with E-state index in [4.69, 9.17) is 0 Å². The monoisotopic (exact) mass is 360 g/mol. The van der Waals surface area contributed by atoms with Crippen molar-refractivity contribution < 1.29 is 4.79 Å². The highest BCUT2D eigenvalue weighted by Crippen LogP contribution is 2.31. The van der Waals surface area contributed by atoms with Crippen LogP contribution in [0.5, 0.6) is 0 Å². The minimum atomic E-state index is -0.320. The maximum absolute atomic E-state index is 12.8. The summed E-state index contributed by atoms with van der Waals surface area (Å²) in [5, 5.41) is 5.43. The molecule has 27 heavy (non-hydrogen) atoms. The lowest BCUT2D eigenvalue weighted by molar-refractivity contribution is -0.118. The van der Waals surface area contributed by atoms with Crippen molar-refractivity contribution in [3.8, 4) is 0 Å². The van der Waals surface area contributed by atoms with Gasteiger partial charge in [0.05, 0.1) is 5.69 Å². The van der Waals surface area contributed by atoms with E-state index in [0.29, 0.717) is 0 Å². The average Bonchev–Trinajstić information content (AvgIpc) is 3.17. The minimum absolute atomic E-state index is 0.0471. The van der Waals surface area contributed by atoms with E-state index in [0.717, 1.165) is 29.1 Å². The lowest BCUT2D eigenvalue weighted by Gasteiger charge is -2.15. The fraction of sp³-hybridized carbons (Fsp3) is 0.273. The quantitative estimate of drug-likeness (QED) is 0.567. The fourth-order valence-electron chi connectivity index (χ4n) is 3.87. The molecule has 0 saturated carbocycles. The Labute approximate surface area is 158 Å². The predicted molar refractivity (Wildman–Crippen MR) is 110 cm³/mol. The first-order chi connectivity index (χ1) is 13.0. The van der Waals surface area contributed by atoms with Gasteiger partial charge in [0.15, 0.2) is 0 Å². The number of nitrogens with one attached hydrogen (secondary N) is 1. The first-order valence-electron chi connectivity index (χ1n) is 9.33. The van der Waals surface area contributed by atoms with Crippen LogP contribution in [0.15, 0.2) is 48.7 Å². The molecule has 4 aromatic rings. The van der Waals surface area contributed by atoms with Gasteiger partial charge in [0, 0.05) is 40.2 Å². The molecule has 0 saturated heterocycles. The summed E-state index contributed by atoms with van der Waals surface area (Å²) < 4.78 is 4.21. The Hall–Kier alpha value is -3.08. The number of aromatic nitrogens is 3. The van der Waals surface area contributed by atoms with Gasteiger partial charge in [-0.25, -0.2) is 4.98 Å². The number of benzene rings is 2. The highest BCUT2D eigenvalue weighted by atomic mass is 16.2. The zero-order valence-corrected chi connectivity index (χ0v) is 16.2. The summed E-state index contributed by atoms with van der Waals surface area (Å²) in [6.45, 7) is 8.81. The molecule has 0 spiro atoms. The smallest absolute Gasteiger partial charge is 0.247 e. The van der Waals surface area contributed by atoms with Gasteiger partial charge in [0.25, 0.3) is 0 Å². The highest BCUT2D eigenvalue weighted by molar-refractivity contribution is 6.09. The first-order valence-corrected chi connectivity index (χ1v) is 9.33. The van der Waals surface area contributed by atoms with Crippen molar-refractivity contribution in [2.45, 2.75) is 40.3 Å². The molecular weight excluding hydrogens is 336 g/mol. The Morgan fingerprint density at radius 2 is 1.85 bits per heavy atom. The van der Waals surface area contributed by atoms with Crippen molar-refractivity contribution in [2.75, 3.05) is 5.32 Å². The van der Waals surface area contributed by atoms with Crippen LogP contribution in [-0.2, 0) is 11.3 Å². The number of para-hydroxylation sites is 1. The topological polar surface area (TPSA) is 51.9 Å². The first kappa shape index (κ1) is 17.3. The Kier molecular flexibility index (Phi) is 4.22. The molecule has 1 amide bonds. The van der Waals surface area contributed by atoms with Crippen LogP contribution < -0.4 is 5.32 Å². The largest absolute Gasteiger partial charge is 0.341 e. The normalized spacial score (nSPS) is 12.6. The summed E-state index contributed by atoms with van der Waals surface area (Å²) in [6, 6.07) is 14.2. The van der Waals surface area contributed by atoms with Crippen LogP contribution in [-0.4, -0.2) is 20.0 Å². The summed E-state index contributed by atoms with van der Waals surface area (Å²) in [7, 11) is 0. The van der Waals surface area contributed by atoms with Crippen LogP contribution >= 0.6 is 0 Å². The number of aryl methyl sites for hydroxylation is 3.